The fourth-order valence-corrected chi connectivity index (χ4v) is 1.91. The standard InChI is InChI=1S/C13H23NO6/c1-9-12(11(16)10(6-15)20-9)18-7-17-8-19-13(2,3)4-5-14/h9-12,15-16H,4,6-8H2,1-3H3/t9?,10?,11-,12?/m0/s1. The summed E-state index contributed by atoms with van der Waals surface area (Å²) in [4.78, 5) is 0. The predicted molar refractivity (Wildman–Crippen MR) is 68.5 cm³/mol. The molecule has 0 aromatic rings. The normalized spacial score (nSPS) is 30.4. The first-order chi connectivity index (χ1) is 9.41. The highest BCUT2D eigenvalue weighted by Gasteiger charge is 2.41. The molecular weight excluding hydrogens is 266 g/mol. The smallest absolute Gasteiger partial charge is 0.150 e. The number of hydrogen-bond donors (Lipinski definition) is 2. The van der Waals surface area contributed by atoms with E-state index in [0.717, 1.165) is 0 Å². The molecule has 1 heterocycles. The molecule has 0 amide bonds. The minimum atomic E-state index is -0.880. The van der Waals surface area contributed by atoms with Crippen LogP contribution in [-0.4, -0.2) is 60.4 Å². The molecule has 7 nitrogen and oxygen atoms in total. The Kier molecular flexibility index (Phi) is 6.82. The van der Waals surface area contributed by atoms with Crippen molar-refractivity contribution in [3.05, 3.63) is 0 Å². The van der Waals surface area contributed by atoms with Gasteiger partial charge in [0, 0.05) is 0 Å². The lowest BCUT2D eigenvalue weighted by atomic mass is 10.1. The summed E-state index contributed by atoms with van der Waals surface area (Å²) < 4.78 is 21.2. The van der Waals surface area contributed by atoms with E-state index >= 15 is 0 Å². The largest absolute Gasteiger partial charge is 0.394 e. The molecule has 0 radical (unpaired) electrons. The molecule has 2 N–H and O–H groups in total. The number of ether oxygens (including phenoxy) is 4. The van der Waals surface area contributed by atoms with Gasteiger partial charge in [0.2, 0.25) is 0 Å². The Morgan fingerprint density at radius 1 is 1.35 bits per heavy atom. The fourth-order valence-electron chi connectivity index (χ4n) is 1.91. The maximum absolute atomic E-state index is 9.84. The lowest BCUT2D eigenvalue weighted by molar-refractivity contribution is -0.192. The minimum absolute atomic E-state index is 0.00381. The molecule has 1 aliphatic rings. The zero-order valence-electron chi connectivity index (χ0n) is 12.1. The Balaban J connectivity index is 2.20. The summed E-state index contributed by atoms with van der Waals surface area (Å²) >= 11 is 0. The zero-order chi connectivity index (χ0) is 15.2. The van der Waals surface area contributed by atoms with Gasteiger partial charge >= 0.3 is 0 Å². The maximum Gasteiger partial charge on any atom is 0.150 e. The average molecular weight is 289 g/mol. The molecule has 0 spiro atoms. The zero-order valence-corrected chi connectivity index (χ0v) is 12.1. The molecule has 0 bridgehead atoms. The van der Waals surface area contributed by atoms with Crippen molar-refractivity contribution in [2.24, 2.45) is 0 Å². The van der Waals surface area contributed by atoms with Gasteiger partial charge in [0.25, 0.3) is 0 Å². The lowest BCUT2D eigenvalue weighted by Crippen LogP contribution is -2.36. The number of aliphatic hydroxyl groups is 2. The van der Waals surface area contributed by atoms with Crippen molar-refractivity contribution < 1.29 is 29.2 Å². The van der Waals surface area contributed by atoms with Crippen LogP contribution in [0, 0.1) is 11.3 Å². The molecule has 3 unspecified atom stereocenters. The number of hydrogen-bond acceptors (Lipinski definition) is 7. The third kappa shape index (κ3) is 4.98. The molecule has 1 rings (SSSR count). The van der Waals surface area contributed by atoms with Crippen LogP contribution in [0.2, 0.25) is 0 Å². The summed E-state index contributed by atoms with van der Waals surface area (Å²) in [5, 5.41) is 27.4. The molecule has 0 aromatic carbocycles. The van der Waals surface area contributed by atoms with Gasteiger partial charge in [-0.15, -0.1) is 0 Å². The van der Waals surface area contributed by atoms with E-state index in [0.29, 0.717) is 0 Å². The molecule has 4 atom stereocenters. The second-order valence-electron chi connectivity index (χ2n) is 5.36. The Bertz CT molecular complexity index is 329. The van der Waals surface area contributed by atoms with E-state index in [4.69, 9.17) is 29.3 Å². The highest BCUT2D eigenvalue weighted by Crippen LogP contribution is 2.23. The van der Waals surface area contributed by atoms with Crippen molar-refractivity contribution in [3.8, 4) is 6.07 Å². The van der Waals surface area contributed by atoms with Gasteiger partial charge in [-0.3, -0.25) is 0 Å². The van der Waals surface area contributed by atoms with Crippen LogP contribution in [0.25, 0.3) is 0 Å². The summed E-state index contributed by atoms with van der Waals surface area (Å²) in [6.45, 7) is 5.03. The number of aliphatic hydroxyl groups excluding tert-OH is 2. The van der Waals surface area contributed by atoms with Crippen molar-refractivity contribution >= 4 is 0 Å². The monoisotopic (exact) mass is 289 g/mol. The predicted octanol–water partition coefficient (Wildman–Crippen LogP) is 0.153. The number of nitrogens with zero attached hydrogens (tertiary/aromatic N) is 1. The number of nitriles is 1. The summed E-state index contributed by atoms with van der Waals surface area (Å²) in [6.07, 6.45) is -2.10. The average Bonchev–Trinajstić information content (AvgIpc) is 2.65. The van der Waals surface area contributed by atoms with Gasteiger partial charge in [0.1, 0.15) is 31.9 Å². The van der Waals surface area contributed by atoms with Gasteiger partial charge in [0.05, 0.1) is 30.8 Å². The van der Waals surface area contributed by atoms with Gasteiger partial charge < -0.3 is 29.2 Å². The second-order valence-corrected chi connectivity index (χ2v) is 5.36. The van der Waals surface area contributed by atoms with Crippen molar-refractivity contribution in [2.45, 2.75) is 57.2 Å². The summed E-state index contributed by atoms with van der Waals surface area (Å²) in [7, 11) is 0. The Morgan fingerprint density at radius 2 is 2.05 bits per heavy atom. The van der Waals surface area contributed by atoms with E-state index in [2.05, 4.69) is 0 Å². The van der Waals surface area contributed by atoms with E-state index < -0.39 is 23.9 Å². The summed E-state index contributed by atoms with van der Waals surface area (Å²) in [5.41, 5.74) is -0.569. The van der Waals surface area contributed by atoms with Crippen molar-refractivity contribution in [1.82, 2.24) is 0 Å². The van der Waals surface area contributed by atoms with Crippen molar-refractivity contribution in [3.63, 3.8) is 0 Å². The van der Waals surface area contributed by atoms with Crippen LogP contribution in [0.3, 0.4) is 0 Å². The molecular formula is C13H23NO6. The topological polar surface area (TPSA) is 101 Å². The minimum Gasteiger partial charge on any atom is -0.394 e. The fraction of sp³-hybridized carbons (Fsp3) is 0.923. The first-order valence-corrected chi connectivity index (χ1v) is 6.56. The Labute approximate surface area is 119 Å². The Hall–Kier alpha value is -0.750. The van der Waals surface area contributed by atoms with Gasteiger partial charge in [-0.05, 0) is 20.8 Å². The van der Waals surface area contributed by atoms with E-state index in [9.17, 15) is 5.11 Å². The van der Waals surface area contributed by atoms with Crippen LogP contribution >= 0.6 is 0 Å². The van der Waals surface area contributed by atoms with Gasteiger partial charge in [-0.1, -0.05) is 0 Å². The van der Waals surface area contributed by atoms with Gasteiger partial charge in [-0.25, -0.2) is 0 Å². The lowest BCUT2D eigenvalue weighted by Gasteiger charge is -2.23. The van der Waals surface area contributed by atoms with Crippen LogP contribution in [0.5, 0.6) is 0 Å². The Morgan fingerprint density at radius 3 is 2.60 bits per heavy atom. The summed E-state index contributed by atoms with van der Waals surface area (Å²) in [5.74, 6) is 0. The van der Waals surface area contributed by atoms with E-state index in [1.54, 1.807) is 20.8 Å². The molecule has 0 saturated carbocycles. The van der Waals surface area contributed by atoms with Crippen LogP contribution in [0.1, 0.15) is 27.2 Å². The van der Waals surface area contributed by atoms with Crippen molar-refractivity contribution in [2.75, 3.05) is 20.2 Å². The number of rotatable bonds is 8. The van der Waals surface area contributed by atoms with Crippen LogP contribution in [-0.2, 0) is 18.9 Å². The molecule has 20 heavy (non-hydrogen) atoms. The van der Waals surface area contributed by atoms with Crippen LogP contribution in [0.15, 0.2) is 0 Å². The first kappa shape index (κ1) is 17.3. The third-order valence-corrected chi connectivity index (χ3v) is 3.13. The highest BCUT2D eigenvalue weighted by atomic mass is 16.7. The summed E-state index contributed by atoms with van der Waals surface area (Å²) in [6, 6.07) is 2.03. The van der Waals surface area contributed by atoms with Gasteiger partial charge in [-0.2, -0.15) is 5.26 Å². The van der Waals surface area contributed by atoms with Crippen molar-refractivity contribution in [1.29, 1.82) is 5.26 Å². The van der Waals surface area contributed by atoms with Crippen LogP contribution in [0.4, 0.5) is 0 Å². The SMILES string of the molecule is CC1OC(CO)[C@H](O)C1OCOCOC(C)(C)CC#N. The molecule has 0 aliphatic carbocycles. The molecule has 116 valence electrons. The quantitative estimate of drug-likeness (QED) is 0.484. The van der Waals surface area contributed by atoms with E-state index in [1.165, 1.54) is 0 Å². The second kappa shape index (κ2) is 7.88. The molecule has 7 heteroatoms. The van der Waals surface area contributed by atoms with Crippen LogP contribution < -0.4 is 0 Å². The first-order valence-electron chi connectivity index (χ1n) is 6.56. The third-order valence-electron chi connectivity index (χ3n) is 3.13. The molecule has 1 saturated heterocycles. The molecule has 1 fully saturated rings. The van der Waals surface area contributed by atoms with Gasteiger partial charge in [0.15, 0.2) is 0 Å². The molecule has 0 aromatic heterocycles. The molecule has 1 aliphatic heterocycles. The van der Waals surface area contributed by atoms with E-state index in [-0.39, 0.29) is 32.7 Å². The maximum atomic E-state index is 9.84. The highest BCUT2D eigenvalue weighted by molar-refractivity contribution is 4.89. The van der Waals surface area contributed by atoms with E-state index in [1.807, 2.05) is 6.07 Å².